The third-order valence-electron chi connectivity index (χ3n) is 4.99. The predicted octanol–water partition coefficient (Wildman–Crippen LogP) is 3.10. The minimum atomic E-state index is -1.82. The molecular weight excluding hydrogens is 354 g/mol. The monoisotopic (exact) mass is 377 g/mol. The molecule has 1 aliphatic heterocycles. The lowest BCUT2D eigenvalue weighted by Crippen LogP contribution is -2.38. The van der Waals surface area contributed by atoms with Crippen LogP contribution in [0, 0.1) is 0 Å². The number of piperidine rings is 1. The standard InChI is InChI=1S/C16H21N3S.C2H2O4/c1-11-6-4-5-9-19(11)15-14-12-7-2-3-8-13(12)20-16(14)18-10-17-15;3-1(4)2(5)6/h10-11H,2-9H2,1H3;(H,3,4)(H,5,6). The number of fused-ring (bicyclic) bond motifs is 3. The summed E-state index contributed by atoms with van der Waals surface area (Å²) in [6.45, 7) is 3.49. The van der Waals surface area contributed by atoms with Crippen LogP contribution in [-0.2, 0) is 22.4 Å². The highest BCUT2D eigenvalue weighted by Crippen LogP contribution is 2.40. The second kappa shape index (κ2) is 7.99. The van der Waals surface area contributed by atoms with Crippen LogP contribution in [0.5, 0.6) is 0 Å². The van der Waals surface area contributed by atoms with Gasteiger partial charge in [0, 0.05) is 17.5 Å². The largest absolute Gasteiger partial charge is 0.473 e. The van der Waals surface area contributed by atoms with Gasteiger partial charge in [0.25, 0.3) is 0 Å². The number of aromatic nitrogens is 2. The summed E-state index contributed by atoms with van der Waals surface area (Å²) in [5, 5.41) is 16.2. The number of aliphatic carboxylic acids is 2. The molecule has 4 rings (SSSR count). The second-order valence-corrected chi connectivity index (χ2v) is 7.82. The van der Waals surface area contributed by atoms with Gasteiger partial charge in [-0.3, -0.25) is 0 Å². The quantitative estimate of drug-likeness (QED) is 0.736. The zero-order valence-corrected chi connectivity index (χ0v) is 15.6. The number of thiophene rings is 1. The zero-order valence-electron chi connectivity index (χ0n) is 14.8. The van der Waals surface area contributed by atoms with Crippen molar-refractivity contribution < 1.29 is 19.8 Å². The van der Waals surface area contributed by atoms with Crippen molar-refractivity contribution in [2.45, 2.75) is 57.9 Å². The Labute approximate surface area is 155 Å². The summed E-state index contributed by atoms with van der Waals surface area (Å²) in [7, 11) is 0. The lowest BCUT2D eigenvalue weighted by Gasteiger charge is -2.35. The van der Waals surface area contributed by atoms with Gasteiger partial charge in [-0.25, -0.2) is 19.6 Å². The highest BCUT2D eigenvalue weighted by molar-refractivity contribution is 7.19. The number of hydrogen-bond donors (Lipinski definition) is 2. The van der Waals surface area contributed by atoms with Gasteiger partial charge >= 0.3 is 11.9 Å². The summed E-state index contributed by atoms with van der Waals surface area (Å²) in [5.74, 6) is -2.44. The van der Waals surface area contributed by atoms with Crippen molar-refractivity contribution in [1.82, 2.24) is 9.97 Å². The minimum absolute atomic E-state index is 0.612. The van der Waals surface area contributed by atoms with Gasteiger partial charge in [-0.15, -0.1) is 11.3 Å². The van der Waals surface area contributed by atoms with Gasteiger partial charge in [0.15, 0.2) is 0 Å². The molecule has 2 N–H and O–H groups in total. The number of carbonyl (C=O) groups is 2. The van der Waals surface area contributed by atoms with Gasteiger partial charge in [0.1, 0.15) is 17.0 Å². The molecular formula is C18H23N3O4S. The maximum atomic E-state index is 9.10. The maximum absolute atomic E-state index is 9.10. The van der Waals surface area contributed by atoms with E-state index in [9.17, 15) is 0 Å². The Morgan fingerprint density at radius 3 is 2.54 bits per heavy atom. The van der Waals surface area contributed by atoms with Crippen molar-refractivity contribution in [3.63, 3.8) is 0 Å². The number of carboxylic acids is 2. The van der Waals surface area contributed by atoms with Crippen molar-refractivity contribution >= 4 is 39.3 Å². The van der Waals surface area contributed by atoms with Gasteiger partial charge < -0.3 is 15.1 Å². The first-order valence-electron chi connectivity index (χ1n) is 8.97. The SMILES string of the molecule is CC1CCCCN1c1ncnc2sc3c(c12)CCCC3.O=C(O)C(=O)O. The van der Waals surface area contributed by atoms with Crippen LogP contribution < -0.4 is 4.90 Å². The highest BCUT2D eigenvalue weighted by Gasteiger charge is 2.26. The van der Waals surface area contributed by atoms with Crippen LogP contribution in [0.2, 0.25) is 0 Å². The first kappa shape index (κ1) is 18.6. The van der Waals surface area contributed by atoms with Crippen LogP contribution in [0.4, 0.5) is 5.82 Å². The summed E-state index contributed by atoms with van der Waals surface area (Å²) in [6.07, 6.45) is 10.8. The average molecular weight is 377 g/mol. The van der Waals surface area contributed by atoms with Crippen molar-refractivity contribution in [3.8, 4) is 0 Å². The molecule has 0 radical (unpaired) electrons. The molecule has 26 heavy (non-hydrogen) atoms. The molecule has 2 aromatic rings. The van der Waals surface area contributed by atoms with E-state index in [0.717, 1.165) is 6.54 Å². The molecule has 7 nitrogen and oxygen atoms in total. The van der Waals surface area contributed by atoms with E-state index in [4.69, 9.17) is 19.8 Å². The molecule has 1 atom stereocenters. The molecule has 0 amide bonds. The fraction of sp³-hybridized carbons (Fsp3) is 0.556. The fourth-order valence-corrected chi connectivity index (χ4v) is 4.93. The van der Waals surface area contributed by atoms with E-state index in [0.29, 0.717) is 6.04 Å². The number of hydrogen-bond acceptors (Lipinski definition) is 6. The van der Waals surface area contributed by atoms with Crippen molar-refractivity contribution in [2.24, 2.45) is 0 Å². The molecule has 0 bridgehead atoms. The maximum Gasteiger partial charge on any atom is 0.414 e. The van der Waals surface area contributed by atoms with E-state index in [2.05, 4.69) is 21.8 Å². The molecule has 1 unspecified atom stereocenters. The Balaban J connectivity index is 0.000000286. The molecule has 140 valence electrons. The second-order valence-electron chi connectivity index (χ2n) is 6.74. The Morgan fingerprint density at radius 2 is 1.85 bits per heavy atom. The molecule has 0 aromatic carbocycles. The fourth-order valence-electron chi connectivity index (χ4n) is 3.70. The van der Waals surface area contributed by atoms with Crippen LogP contribution in [0.1, 0.15) is 49.5 Å². The smallest absolute Gasteiger partial charge is 0.414 e. The van der Waals surface area contributed by atoms with Crippen LogP contribution in [0.3, 0.4) is 0 Å². The average Bonchev–Trinajstić information content (AvgIpc) is 3.01. The lowest BCUT2D eigenvalue weighted by atomic mass is 9.96. The zero-order chi connectivity index (χ0) is 18.7. The predicted molar refractivity (Wildman–Crippen MR) is 100.0 cm³/mol. The van der Waals surface area contributed by atoms with Gasteiger partial charge in [0.05, 0.1) is 5.39 Å². The topological polar surface area (TPSA) is 104 Å². The van der Waals surface area contributed by atoms with Gasteiger partial charge in [0.2, 0.25) is 0 Å². The molecule has 0 spiro atoms. The van der Waals surface area contributed by atoms with E-state index >= 15 is 0 Å². The van der Waals surface area contributed by atoms with Gasteiger partial charge in [-0.05, 0) is 57.4 Å². The van der Waals surface area contributed by atoms with E-state index in [1.807, 2.05) is 11.3 Å². The van der Waals surface area contributed by atoms with Crippen molar-refractivity contribution in [2.75, 3.05) is 11.4 Å². The Hall–Kier alpha value is -2.22. The number of rotatable bonds is 1. The Morgan fingerprint density at radius 1 is 1.12 bits per heavy atom. The number of anilines is 1. The Bertz CT molecular complexity index is 808. The molecule has 2 aromatic heterocycles. The third kappa shape index (κ3) is 3.80. The van der Waals surface area contributed by atoms with Gasteiger partial charge in [-0.1, -0.05) is 0 Å². The highest BCUT2D eigenvalue weighted by atomic mass is 32.1. The number of aryl methyl sites for hydroxylation is 2. The summed E-state index contributed by atoms with van der Waals surface area (Å²) in [4.78, 5) is 32.7. The molecule has 0 saturated carbocycles. The first-order valence-corrected chi connectivity index (χ1v) is 9.78. The normalized spacial score (nSPS) is 19.4. The molecule has 1 fully saturated rings. The van der Waals surface area contributed by atoms with Crippen LogP contribution in [0.25, 0.3) is 10.2 Å². The first-order chi connectivity index (χ1) is 12.5. The molecule has 8 heteroatoms. The van der Waals surface area contributed by atoms with E-state index in [1.165, 1.54) is 61.0 Å². The number of nitrogens with zero attached hydrogens (tertiary/aromatic N) is 3. The van der Waals surface area contributed by atoms with E-state index in [1.54, 1.807) is 16.8 Å². The summed E-state index contributed by atoms with van der Waals surface area (Å²) < 4.78 is 0. The molecule has 1 saturated heterocycles. The third-order valence-corrected chi connectivity index (χ3v) is 6.19. The molecule has 1 aliphatic carbocycles. The van der Waals surface area contributed by atoms with Crippen LogP contribution in [0.15, 0.2) is 6.33 Å². The minimum Gasteiger partial charge on any atom is -0.473 e. The van der Waals surface area contributed by atoms with E-state index in [-0.39, 0.29) is 0 Å². The van der Waals surface area contributed by atoms with E-state index < -0.39 is 11.9 Å². The lowest BCUT2D eigenvalue weighted by molar-refractivity contribution is -0.159. The molecule has 3 heterocycles. The van der Waals surface area contributed by atoms with Crippen LogP contribution in [-0.4, -0.2) is 44.7 Å². The Kier molecular flexibility index (Phi) is 5.70. The summed E-state index contributed by atoms with van der Waals surface area (Å²) in [6, 6.07) is 0.612. The van der Waals surface area contributed by atoms with Gasteiger partial charge in [-0.2, -0.15) is 0 Å². The summed E-state index contributed by atoms with van der Waals surface area (Å²) >= 11 is 1.90. The number of carboxylic acid groups (broad SMARTS) is 2. The van der Waals surface area contributed by atoms with Crippen LogP contribution >= 0.6 is 11.3 Å². The van der Waals surface area contributed by atoms with Crippen molar-refractivity contribution in [1.29, 1.82) is 0 Å². The molecule has 2 aliphatic rings. The summed E-state index contributed by atoms with van der Waals surface area (Å²) in [5.41, 5.74) is 1.56. The van der Waals surface area contributed by atoms with Crippen molar-refractivity contribution in [3.05, 3.63) is 16.8 Å².